The minimum Gasteiger partial charge on any atom is -0.478 e. The Balaban J connectivity index is 2.04. The van der Waals surface area contributed by atoms with Crippen molar-refractivity contribution in [3.63, 3.8) is 0 Å². The Morgan fingerprint density at radius 3 is 2.88 bits per heavy atom. The minimum atomic E-state index is -3.93. The predicted molar refractivity (Wildman–Crippen MR) is 89.9 cm³/mol. The molecule has 3 rings (SSSR count). The normalized spacial score (nSPS) is 25.4. The third-order valence-corrected chi connectivity index (χ3v) is 8.43. The van der Waals surface area contributed by atoms with Crippen molar-refractivity contribution in [3.05, 3.63) is 16.0 Å². The number of thiophene rings is 1. The minimum absolute atomic E-state index is 0.0196. The number of carboxylic acids is 1. The Labute approximate surface area is 145 Å². The van der Waals surface area contributed by atoms with Gasteiger partial charge in [0.25, 0.3) is 10.0 Å². The molecular weight excluding hydrogens is 352 g/mol. The predicted octanol–water partition coefficient (Wildman–Crippen LogP) is 1.02. The van der Waals surface area contributed by atoms with Crippen LogP contribution in [-0.4, -0.2) is 54.1 Å². The third kappa shape index (κ3) is 2.99. The highest BCUT2D eigenvalue weighted by Gasteiger charge is 2.41. The number of rotatable bonds is 4. The van der Waals surface area contributed by atoms with Gasteiger partial charge in [-0.1, -0.05) is 6.92 Å². The van der Waals surface area contributed by atoms with Crippen LogP contribution in [0.25, 0.3) is 0 Å². The van der Waals surface area contributed by atoms with E-state index in [4.69, 9.17) is 0 Å². The van der Waals surface area contributed by atoms with Crippen molar-refractivity contribution in [2.45, 2.75) is 49.0 Å². The molecule has 0 bridgehead atoms. The molecule has 9 heteroatoms. The number of hydrogen-bond acceptors (Lipinski definition) is 6. The van der Waals surface area contributed by atoms with E-state index < -0.39 is 21.6 Å². The molecule has 1 fully saturated rings. The fraction of sp³-hybridized carbons (Fsp3) is 0.667. The van der Waals surface area contributed by atoms with Gasteiger partial charge in [-0.2, -0.15) is 4.31 Å². The molecule has 2 aliphatic heterocycles. The van der Waals surface area contributed by atoms with Crippen molar-refractivity contribution < 1.29 is 23.4 Å². The van der Waals surface area contributed by atoms with Crippen molar-refractivity contribution in [1.82, 2.24) is 9.62 Å². The maximum atomic E-state index is 13.1. The second-order valence-corrected chi connectivity index (χ2v) is 9.66. The Bertz CT molecular complexity index is 758. The monoisotopic (exact) mass is 374 g/mol. The summed E-state index contributed by atoms with van der Waals surface area (Å²) in [5.41, 5.74) is -0.484. The molecule has 0 radical (unpaired) electrons. The third-order valence-electron chi connectivity index (χ3n) is 4.86. The summed E-state index contributed by atoms with van der Waals surface area (Å²) in [4.78, 5) is 12.5. The fourth-order valence-corrected chi connectivity index (χ4v) is 6.95. The molecule has 1 aromatic rings. The number of aliphatic hydroxyl groups is 1. The first-order valence-electron chi connectivity index (χ1n) is 8.09. The van der Waals surface area contributed by atoms with E-state index in [2.05, 4.69) is 5.32 Å². The molecule has 134 valence electrons. The van der Waals surface area contributed by atoms with Crippen molar-refractivity contribution >= 4 is 27.3 Å². The van der Waals surface area contributed by atoms with Gasteiger partial charge in [-0.15, -0.1) is 11.3 Å². The van der Waals surface area contributed by atoms with Crippen LogP contribution in [0.4, 0.5) is 0 Å². The van der Waals surface area contributed by atoms with Gasteiger partial charge in [0.05, 0.1) is 11.2 Å². The molecule has 1 unspecified atom stereocenters. The van der Waals surface area contributed by atoms with E-state index in [0.29, 0.717) is 50.9 Å². The van der Waals surface area contributed by atoms with Crippen LogP contribution in [0.1, 0.15) is 47.0 Å². The molecule has 0 spiro atoms. The van der Waals surface area contributed by atoms with E-state index in [1.807, 2.05) is 6.92 Å². The first-order chi connectivity index (χ1) is 11.3. The molecule has 7 nitrogen and oxygen atoms in total. The number of fused-ring (bicyclic) bond motifs is 1. The lowest BCUT2D eigenvalue weighted by atomic mass is 9.92. The number of piperidine rings is 1. The zero-order valence-corrected chi connectivity index (χ0v) is 15.2. The SMILES string of the molecule is CCC1(O)CCCN(S(=O)(=O)c2sc3c(c2C(=O)O)CCNC3)C1. The second-order valence-electron chi connectivity index (χ2n) is 6.42. The standard InChI is InChI=1S/C15H22N2O5S2/c1-2-15(20)5-3-7-17(9-15)24(21,22)14-12(13(18)19)10-4-6-16-8-11(10)23-14/h16,20H,2-9H2,1H3,(H,18,19). The molecule has 3 N–H and O–H groups in total. The van der Waals surface area contributed by atoms with Gasteiger partial charge in [0.1, 0.15) is 4.21 Å². The summed E-state index contributed by atoms with van der Waals surface area (Å²) < 4.78 is 27.3. The highest BCUT2D eigenvalue weighted by atomic mass is 32.2. The van der Waals surface area contributed by atoms with Crippen LogP contribution in [0.15, 0.2) is 4.21 Å². The lowest BCUT2D eigenvalue weighted by Crippen LogP contribution is -2.49. The molecule has 24 heavy (non-hydrogen) atoms. The molecule has 1 aromatic heterocycles. The van der Waals surface area contributed by atoms with E-state index >= 15 is 0 Å². The van der Waals surface area contributed by atoms with Gasteiger partial charge in [0, 0.05) is 24.5 Å². The van der Waals surface area contributed by atoms with Crippen molar-refractivity contribution in [2.75, 3.05) is 19.6 Å². The fourth-order valence-electron chi connectivity index (χ4n) is 3.39. The Morgan fingerprint density at radius 2 is 2.21 bits per heavy atom. The topological polar surface area (TPSA) is 107 Å². The lowest BCUT2D eigenvalue weighted by Gasteiger charge is -2.37. The van der Waals surface area contributed by atoms with Gasteiger partial charge in [-0.25, -0.2) is 13.2 Å². The van der Waals surface area contributed by atoms with Crippen molar-refractivity contribution in [2.24, 2.45) is 0 Å². The van der Waals surface area contributed by atoms with Crippen LogP contribution in [0.3, 0.4) is 0 Å². The highest BCUT2D eigenvalue weighted by molar-refractivity contribution is 7.91. The van der Waals surface area contributed by atoms with E-state index in [9.17, 15) is 23.4 Å². The van der Waals surface area contributed by atoms with Crippen LogP contribution in [0.5, 0.6) is 0 Å². The Morgan fingerprint density at radius 1 is 1.46 bits per heavy atom. The average Bonchev–Trinajstić information content (AvgIpc) is 2.95. The summed E-state index contributed by atoms with van der Waals surface area (Å²) in [6.45, 7) is 3.29. The maximum Gasteiger partial charge on any atom is 0.338 e. The maximum absolute atomic E-state index is 13.1. The van der Waals surface area contributed by atoms with Crippen LogP contribution >= 0.6 is 11.3 Å². The van der Waals surface area contributed by atoms with Gasteiger partial charge in [-0.3, -0.25) is 0 Å². The summed E-state index contributed by atoms with van der Waals surface area (Å²) in [7, 11) is -3.93. The van der Waals surface area contributed by atoms with E-state index in [0.717, 1.165) is 16.2 Å². The largest absolute Gasteiger partial charge is 0.478 e. The van der Waals surface area contributed by atoms with Crippen molar-refractivity contribution in [1.29, 1.82) is 0 Å². The number of hydrogen-bond donors (Lipinski definition) is 3. The van der Waals surface area contributed by atoms with Crippen LogP contribution < -0.4 is 5.32 Å². The molecular formula is C15H22N2O5S2. The summed E-state index contributed by atoms with van der Waals surface area (Å²) in [6.07, 6.45) is 2.11. The zero-order chi connectivity index (χ0) is 17.5. The van der Waals surface area contributed by atoms with Gasteiger partial charge in [0.15, 0.2) is 0 Å². The molecule has 3 heterocycles. The molecule has 0 amide bonds. The molecule has 1 saturated heterocycles. The van der Waals surface area contributed by atoms with E-state index in [1.165, 1.54) is 4.31 Å². The molecule has 0 aromatic carbocycles. The van der Waals surface area contributed by atoms with Crippen LogP contribution in [-0.2, 0) is 23.0 Å². The number of carboxylic acid groups (broad SMARTS) is 1. The van der Waals surface area contributed by atoms with Gasteiger partial charge >= 0.3 is 5.97 Å². The summed E-state index contributed by atoms with van der Waals surface area (Å²) in [6, 6.07) is 0. The smallest absolute Gasteiger partial charge is 0.338 e. The summed E-state index contributed by atoms with van der Waals surface area (Å²) in [5, 5.41) is 23.2. The number of aromatic carboxylic acids is 1. The zero-order valence-electron chi connectivity index (χ0n) is 13.5. The molecule has 2 aliphatic rings. The number of sulfonamides is 1. The number of carbonyl (C=O) groups is 1. The molecule has 1 atom stereocenters. The summed E-state index contributed by atoms with van der Waals surface area (Å²) in [5.74, 6) is -1.20. The molecule has 0 saturated carbocycles. The number of β-amino-alcohol motifs (C(OH)–C–C–N with tert-alkyl or cyclic N) is 1. The van der Waals surface area contributed by atoms with Crippen LogP contribution in [0.2, 0.25) is 0 Å². The first-order valence-corrected chi connectivity index (χ1v) is 10.4. The van der Waals surface area contributed by atoms with E-state index in [1.54, 1.807) is 0 Å². The number of nitrogens with zero attached hydrogens (tertiary/aromatic N) is 1. The highest BCUT2D eigenvalue weighted by Crippen LogP contribution is 2.37. The number of nitrogens with one attached hydrogen (secondary N) is 1. The second kappa shape index (κ2) is 6.38. The molecule has 0 aliphatic carbocycles. The summed E-state index contributed by atoms with van der Waals surface area (Å²) >= 11 is 1.04. The average molecular weight is 374 g/mol. The van der Waals surface area contributed by atoms with E-state index in [-0.39, 0.29) is 16.3 Å². The Kier molecular flexibility index (Phi) is 4.73. The van der Waals surface area contributed by atoms with Gasteiger partial charge in [0.2, 0.25) is 0 Å². The van der Waals surface area contributed by atoms with Crippen molar-refractivity contribution in [3.8, 4) is 0 Å². The quantitative estimate of drug-likeness (QED) is 0.726. The first kappa shape index (κ1) is 17.8. The van der Waals surface area contributed by atoms with Gasteiger partial charge < -0.3 is 15.5 Å². The Hall–Kier alpha value is -1.00. The van der Waals surface area contributed by atoms with Crippen LogP contribution in [0, 0.1) is 0 Å². The lowest BCUT2D eigenvalue weighted by molar-refractivity contribution is -0.0107. The van der Waals surface area contributed by atoms with Gasteiger partial charge in [-0.05, 0) is 37.8 Å².